The Morgan fingerprint density at radius 3 is 2.41 bits per heavy atom. The van der Waals surface area contributed by atoms with Gasteiger partial charge in [-0.05, 0) is 37.1 Å². The molecule has 1 aliphatic rings. The molecule has 0 bridgehead atoms. The van der Waals surface area contributed by atoms with Crippen LogP contribution in [0.2, 0.25) is 0 Å². The number of rotatable bonds is 8. The van der Waals surface area contributed by atoms with Gasteiger partial charge in [0.1, 0.15) is 0 Å². The van der Waals surface area contributed by atoms with Gasteiger partial charge in [-0.1, -0.05) is 59.8 Å². The largest absolute Gasteiger partial charge is 0.313 e. The molecular formula is C16H33N. The van der Waals surface area contributed by atoms with Gasteiger partial charge in [0.25, 0.3) is 0 Å². The van der Waals surface area contributed by atoms with Crippen molar-refractivity contribution in [2.75, 3.05) is 6.54 Å². The lowest BCUT2D eigenvalue weighted by Crippen LogP contribution is -2.38. The molecule has 1 nitrogen and oxygen atoms in total. The molecule has 1 atom stereocenters. The van der Waals surface area contributed by atoms with Crippen LogP contribution in [0.1, 0.15) is 79.1 Å². The SMILES string of the molecule is CC(C)CCCCCCNC1CCCC1(C)C. The van der Waals surface area contributed by atoms with Gasteiger partial charge in [0.05, 0.1) is 0 Å². The van der Waals surface area contributed by atoms with Crippen molar-refractivity contribution < 1.29 is 0 Å². The molecule has 17 heavy (non-hydrogen) atoms. The quantitative estimate of drug-likeness (QED) is 0.602. The summed E-state index contributed by atoms with van der Waals surface area (Å²) in [6.45, 7) is 10.7. The summed E-state index contributed by atoms with van der Waals surface area (Å²) in [5.74, 6) is 0.882. The highest BCUT2D eigenvalue weighted by Gasteiger charge is 2.33. The first kappa shape index (κ1) is 15.0. The maximum atomic E-state index is 3.77. The second-order valence-electron chi connectivity index (χ2n) is 6.98. The molecule has 0 aromatic rings. The van der Waals surface area contributed by atoms with Crippen molar-refractivity contribution in [2.45, 2.75) is 85.1 Å². The summed E-state index contributed by atoms with van der Waals surface area (Å²) in [6.07, 6.45) is 11.2. The summed E-state index contributed by atoms with van der Waals surface area (Å²) >= 11 is 0. The second kappa shape index (κ2) is 7.41. The molecule has 1 saturated carbocycles. The van der Waals surface area contributed by atoms with Crippen LogP contribution < -0.4 is 5.32 Å². The van der Waals surface area contributed by atoms with Crippen molar-refractivity contribution in [3.63, 3.8) is 0 Å². The van der Waals surface area contributed by atoms with Crippen LogP contribution in [-0.2, 0) is 0 Å². The van der Waals surface area contributed by atoms with E-state index in [1.165, 1.54) is 57.9 Å². The van der Waals surface area contributed by atoms with Crippen molar-refractivity contribution >= 4 is 0 Å². The van der Waals surface area contributed by atoms with Crippen LogP contribution in [0.15, 0.2) is 0 Å². The minimum absolute atomic E-state index is 0.539. The summed E-state index contributed by atoms with van der Waals surface area (Å²) in [6, 6.07) is 0.776. The van der Waals surface area contributed by atoms with E-state index < -0.39 is 0 Å². The lowest BCUT2D eigenvalue weighted by atomic mass is 9.87. The first-order valence-corrected chi connectivity index (χ1v) is 7.76. The first-order valence-electron chi connectivity index (χ1n) is 7.76. The van der Waals surface area contributed by atoms with Crippen molar-refractivity contribution in [1.82, 2.24) is 5.32 Å². The van der Waals surface area contributed by atoms with E-state index in [1.807, 2.05) is 0 Å². The van der Waals surface area contributed by atoms with Gasteiger partial charge in [-0.15, -0.1) is 0 Å². The molecule has 1 aliphatic carbocycles. The third-order valence-electron chi connectivity index (χ3n) is 4.36. The monoisotopic (exact) mass is 239 g/mol. The topological polar surface area (TPSA) is 12.0 Å². The van der Waals surface area contributed by atoms with Crippen molar-refractivity contribution in [3.05, 3.63) is 0 Å². The van der Waals surface area contributed by atoms with Crippen LogP contribution >= 0.6 is 0 Å². The number of unbranched alkanes of at least 4 members (excludes halogenated alkanes) is 3. The average molecular weight is 239 g/mol. The lowest BCUT2D eigenvalue weighted by molar-refractivity contribution is 0.282. The smallest absolute Gasteiger partial charge is 0.0118 e. The molecular weight excluding hydrogens is 206 g/mol. The Morgan fingerprint density at radius 2 is 1.82 bits per heavy atom. The molecule has 0 aromatic carbocycles. The second-order valence-corrected chi connectivity index (χ2v) is 6.98. The van der Waals surface area contributed by atoms with Gasteiger partial charge in [0.2, 0.25) is 0 Å². The van der Waals surface area contributed by atoms with E-state index in [0.29, 0.717) is 5.41 Å². The first-order chi connectivity index (χ1) is 8.02. The van der Waals surface area contributed by atoms with Crippen molar-refractivity contribution in [2.24, 2.45) is 11.3 Å². The van der Waals surface area contributed by atoms with Gasteiger partial charge in [-0.3, -0.25) is 0 Å². The van der Waals surface area contributed by atoms with E-state index in [2.05, 4.69) is 33.0 Å². The highest BCUT2D eigenvalue weighted by molar-refractivity contribution is 4.89. The predicted molar refractivity (Wildman–Crippen MR) is 77.3 cm³/mol. The fourth-order valence-corrected chi connectivity index (χ4v) is 3.01. The maximum Gasteiger partial charge on any atom is 0.0118 e. The molecule has 0 spiro atoms. The summed E-state index contributed by atoms with van der Waals surface area (Å²) in [5, 5.41) is 3.77. The fourth-order valence-electron chi connectivity index (χ4n) is 3.01. The highest BCUT2D eigenvalue weighted by Crippen LogP contribution is 2.37. The molecule has 1 N–H and O–H groups in total. The Balaban J connectivity index is 1.94. The van der Waals surface area contributed by atoms with Crippen LogP contribution in [0.5, 0.6) is 0 Å². The molecule has 1 unspecified atom stereocenters. The van der Waals surface area contributed by atoms with Crippen molar-refractivity contribution in [1.29, 1.82) is 0 Å². The minimum Gasteiger partial charge on any atom is -0.313 e. The lowest BCUT2D eigenvalue weighted by Gasteiger charge is -2.28. The van der Waals surface area contributed by atoms with Gasteiger partial charge in [0, 0.05) is 6.04 Å². The Labute approximate surface area is 109 Å². The molecule has 1 rings (SSSR count). The summed E-state index contributed by atoms with van der Waals surface area (Å²) in [7, 11) is 0. The van der Waals surface area contributed by atoms with Gasteiger partial charge < -0.3 is 5.32 Å². The minimum atomic E-state index is 0.539. The summed E-state index contributed by atoms with van der Waals surface area (Å²) in [5.41, 5.74) is 0.539. The van der Waals surface area contributed by atoms with Crippen LogP contribution in [0, 0.1) is 11.3 Å². The zero-order chi connectivity index (χ0) is 12.7. The summed E-state index contributed by atoms with van der Waals surface area (Å²) in [4.78, 5) is 0. The van der Waals surface area contributed by atoms with E-state index in [9.17, 15) is 0 Å². The molecule has 0 amide bonds. The van der Waals surface area contributed by atoms with E-state index in [0.717, 1.165) is 12.0 Å². The van der Waals surface area contributed by atoms with Crippen molar-refractivity contribution in [3.8, 4) is 0 Å². The Kier molecular flexibility index (Phi) is 6.54. The number of hydrogen-bond acceptors (Lipinski definition) is 1. The van der Waals surface area contributed by atoms with Crippen LogP contribution in [0.25, 0.3) is 0 Å². The maximum absolute atomic E-state index is 3.77. The third kappa shape index (κ3) is 5.90. The Hall–Kier alpha value is -0.0400. The third-order valence-corrected chi connectivity index (χ3v) is 4.36. The zero-order valence-electron chi connectivity index (χ0n) is 12.5. The average Bonchev–Trinajstić information content (AvgIpc) is 2.56. The molecule has 1 fully saturated rings. The molecule has 0 radical (unpaired) electrons. The van der Waals surface area contributed by atoms with E-state index >= 15 is 0 Å². The number of nitrogens with one attached hydrogen (secondary N) is 1. The standard InChI is InChI=1S/C16H33N/c1-14(2)10-7-5-6-8-13-17-15-11-9-12-16(15,3)4/h14-15,17H,5-13H2,1-4H3. The Morgan fingerprint density at radius 1 is 1.12 bits per heavy atom. The van der Waals surface area contributed by atoms with E-state index in [-0.39, 0.29) is 0 Å². The van der Waals surface area contributed by atoms with Crippen LogP contribution in [0.3, 0.4) is 0 Å². The highest BCUT2D eigenvalue weighted by atomic mass is 14.9. The molecule has 0 heterocycles. The van der Waals surface area contributed by atoms with Crippen LogP contribution in [0.4, 0.5) is 0 Å². The predicted octanol–water partition coefficient (Wildman–Crippen LogP) is 4.76. The van der Waals surface area contributed by atoms with Gasteiger partial charge >= 0.3 is 0 Å². The van der Waals surface area contributed by atoms with E-state index in [1.54, 1.807) is 0 Å². The normalized spacial score (nSPS) is 23.5. The van der Waals surface area contributed by atoms with E-state index in [4.69, 9.17) is 0 Å². The van der Waals surface area contributed by atoms with Crippen LogP contribution in [-0.4, -0.2) is 12.6 Å². The van der Waals surface area contributed by atoms with Gasteiger partial charge in [-0.25, -0.2) is 0 Å². The molecule has 1 heteroatoms. The molecule has 0 saturated heterocycles. The molecule has 102 valence electrons. The summed E-state index contributed by atoms with van der Waals surface area (Å²) < 4.78 is 0. The molecule has 0 aromatic heterocycles. The Bertz CT molecular complexity index is 196. The van der Waals surface area contributed by atoms with Gasteiger partial charge in [-0.2, -0.15) is 0 Å². The fraction of sp³-hybridized carbons (Fsp3) is 1.00. The zero-order valence-corrected chi connectivity index (χ0v) is 12.5. The number of hydrogen-bond donors (Lipinski definition) is 1. The molecule has 0 aliphatic heterocycles. The van der Waals surface area contributed by atoms with Gasteiger partial charge in [0.15, 0.2) is 0 Å².